The number of methoxy groups -OCH3 is 2. The fourth-order valence-electron chi connectivity index (χ4n) is 4.57. The van der Waals surface area contributed by atoms with E-state index in [1.165, 1.54) is 49.3 Å². The first-order valence-corrected chi connectivity index (χ1v) is 11.4. The van der Waals surface area contributed by atoms with E-state index in [0.29, 0.717) is 5.69 Å². The number of rotatable bonds is 9. The van der Waals surface area contributed by atoms with Gasteiger partial charge < -0.3 is 29.0 Å². The van der Waals surface area contributed by atoms with Crippen molar-refractivity contribution in [1.82, 2.24) is 20.2 Å². The number of hydrogen-bond acceptors (Lipinski definition) is 11. The van der Waals surface area contributed by atoms with Crippen molar-refractivity contribution < 1.29 is 42.1 Å². The lowest BCUT2D eigenvalue weighted by Crippen LogP contribution is -2.62. The van der Waals surface area contributed by atoms with Gasteiger partial charge in [-0.05, 0) is 42.5 Å². The van der Waals surface area contributed by atoms with Crippen LogP contribution in [0.2, 0.25) is 0 Å². The van der Waals surface area contributed by atoms with Gasteiger partial charge in [0.25, 0.3) is 5.69 Å². The average molecular weight is 554 g/mol. The SMILES string of the molecule is COC(OC)[C@]1(C)Oc2ccc([N+](=O)[O-])cc2[C@@H](N(Cc2nnn(C)n2)c2ccc(OC(F)(F)F)cc2)[C@@H]1O. The van der Waals surface area contributed by atoms with Gasteiger partial charge in [0.05, 0.1) is 24.6 Å². The highest BCUT2D eigenvalue weighted by Crippen LogP contribution is 2.47. The Hall–Kier alpha value is -4.02. The van der Waals surface area contributed by atoms with Gasteiger partial charge in [0.15, 0.2) is 17.7 Å². The number of nitro groups is 1. The number of fused-ring (bicyclic) bond motifs is 1. The Bertz CT molecular complexity index is 1320. The van der Waals surface area contributed by atoms with Crippen molar-refractivity contribution in [3.8, 4) is 11.5 Å². The molecule has 3 atom stereocenters. The van der Waals surface area contributed by atoms with Crippen molar-refractivity contribution in [3.63, 3.8) is 0 Å². The maximum absolute atomic E-state index is 12.7. The van der Waals surface area contributed by atoms with E-state index >= 15 is 0 Å². The van der Waals surface area contributed by atoms with E-state index in [0.717, 1.165) is 12.1 Å². The number of benzene rings is 2. The molecule has 0 amide bonds. The molecule has 2 aromatic carbocycles. The van der Waals surface area contributed by atoms with E-state index in [9.17, 15) is 28.4 Å². The number of aliphatic hydroxyl groups excluding tert-OH is 1. The number of nitrogens with zero attached hydrogens (tertiary/aromatic N) is 6. The summed E-state index contributed by atoms with van der Waals surface area (Å²) in [6.45, 7) is 1.45. The molecular formula is C23H25F3N6O7. The lowest BCUT2D eigenvalue weighted by Gasteiger charge is -2.49. The van der Waals surface area contributed by atoms with E-state index in [1.807, 2.05) is 0 Å². The molecule has 39 heavy (non-hydrogen) atoms. The molecule has 0 saturated carbocycles. The molecule has 1 aromatic heterocycles. The quantitative estimate of drug-likeness (QED) is 0.237. The maximum atomic E-state index is 12.7. The van der Waals surface area contributed by atoms with Crippen LogP contribution in [0.5, 0.6) is 11.5 Å². The van der Waals surface area contributed by atoms with Crippen LogP contribution >= 0.6 is 0 Å². The number of anilines is 1. The predicted molar refractivity (Wildman–Crippen MR) is 127 cm³/mol. The third-order valence-electron chi connectivity index (χ3n) is 6.23. The Morgan fingerprint density at radius 1 is 1.23 bits per heavy atom. The Balaban J connectivity index is 1.89. The minimum atomic E-state index is -4.89. The number of ether oxygens (including phenoxy) is 4. The second-order valence-corrected chi connectivity index (χ2v) is 8.82. The summed E-state index contributed by atoms with van der Waals surface area (Å²) in [7, 11) is 4.26. The zero-order chi connectivity index (χ0) is 28.5. The zero-order valence-corrected chi connectivity index (χ0v) is 21.2. The van der Waals surface area contributed by atoms with Crippen LogP contribution in [0.3, 0.4) is 0 Å². The molecule has 1 aliphatic rings. The standard InChI is InChI=1S/C23H25F3N6O7/c1-22(21(36-3)37-4)20(33)19(16-11-14(32(34)35)7-10-17(16)39-22)31(12-18-27-29-30(2)28-18)13-5-8-15(9-6-13)38-23(24,25)26/h5-11,19-21,33H,12H2,1-4H3/t19-,20+,22-/m1/s1. The Labute approximate surface area is 219 Å². The summed E-state index contributed by atoms with van der Waals surface area (Å²) in [5.74, 6) is -0.0572. The number of aryl methyl sites for hydroxylation is 1. The van der Waals surface area contributed by atoms with Crippen LogP contribution in [0.4, 0.5) is 24.5 Å². The number of alkyl halides is 3. The molecule has 0 fully saturated rings. The molecule has 3 aromatic rings. The molecule has 0 aliphatic carbocycles. The minimum Gasteiger partial charge on any atom is -0.479 e. The molecule has 1 aliphatic heterocycles. The van der Waals surface area contributed by atoms with Crippen LogP contribution in [0.1, 0.15) is 24.4 Å². The van der Waals surface area contributed by atoms with E-state index in [1.54, 1.807) is 18.9 Å². The third-order valence-corrected chi connectivity index (χ3v) is 6.23. The van der Waals surface area contributed by atoms with Crippen LogP contribution in [-0.4, -0.2) is 68.8 Å². The highest BCUT2D eigenvalue weighted by molar-refractivity contribution is 5.56. The lowest BCUT2D eigenvalue weighted by atomic mass is 9.83. The molecule has 0 spiro atoms. The number of aliphatic hydroxyl groups is 1. The smallest absolute Gasteiger partial charge is 0.479 e. The lowest BCUT2D eigenvalue weighted by molar-refractivity contribution is -0.385. The number of hydrogen-bond donors (Lipinski definition) is 1. The molecule has 16 heteroatoms. The van der Waals surface area contributed by atoms with Gasteiger partial charge in [-0.3, -0.25) is 10.1 Å². The van der Waals surface area contributed by atoms with Gasteiger partial charge >= 0.3 is 6.36 Å². The second kappa shape index (κ2) is 10.6. The molecule has 4 rings (SSSR count). The van der Waals surface area contributed by atoms with Crippen molar-refractivity contribution >= 4 is 11.4 Å². The van der Waals surface area contributed by atoms with Crippen LogP contribution in [0.25, 0.3) is 0 Å². The van der Waals surface area contributed by atoms with Crippen LogP contribution in [-0.2, 0) is 23.1 Å². The van der Waals surface area contributed by atoms with Gasteiger partial charge in [0, 0.05) is 37.6 Å². The molecule has 13 nitrogen and oxygen atoms in total. The fourth-order valence-corrected chi connectivity index (χ4v) is 4.57. The van der Waals surface area contributed by atoms with Crippen LogP contribution in [0, 0.1) is 10.1 Å². The van der Waals surface area contributed by atoms with Gasteiger partial charge in [0.2, 0.25) is 0 Å². The average Bonchev–Trinajstić information content (AvgIpc) is 3.28. The number of halogens is 3. The normalized spacial score (nSPS) is 20.8. The summed E-state index contributed by atoms with van der Waals surface area (Å²) >= 11 is 0. The highest BCUT2D eigenvalue weighted by atomic mass is 19.4. The van der Waals surface area contributed by atoms with Crippen molar-refractivity contribution in [2.24, 2.45) is 7.05 Å². The Morgan fingerprint density at radius 3 is 2.44 bits per heavy atom. The monoisotopic (exact) mass is 554 g/mol. The second-order valence-electron chi connectivity index (χ2n) is 8.82. The molecular weight excluding hydrogens is 529 g/mol. The maximum Gasteiger partial charge on any atom is 0.573 e. The minimum absolute atomic E-state index is 0.0993. The fraction of sp³-hybridized carbons (Fsp3) is 0.435. The van der Waals surface area contributed by atoms with Gasteiger partial charge in [-0.2, -0.15) is 4.80 Å². The molecule has 2 heterocycles. The first-order chi connectivity index (χ1) is 18.4. The van der Waals surface area contributed by atoms with Gasteiger partial charge in [-0.15, -0.1) is 23.4 Å². The van der Waals surface area contributed by atoms with E-state index < -0.39 is 41.1 Å². The summed E-state index contributed by atoms with van der Waals surface area (Å²) in [6.07, 6.45) is -7.44. The summed E-state index contributed by atoms with van der Waals surface area (Å²) in [5.41, 5.74) is -1.25. The third kappa shape index (κ3) is 5.71. The van der Waals surface area contributed by atoms with Gasteiger partial charge in [-0.25, -0.2) is 0 Å². The first kappa shape index (κ1) is 28.0. The van der Waals surface area contributed by atoms with Crippen LogP contribution < -0.4 is 14.4 Å². The first-order valence-electron chi connectivity index (χ1n) is 11.4. The summed E-state index contributed by atoms with van der Waals surface area (Å²) < 4.78 is 59.2. The van der Waals surface area contributed by atoms with Crippen molar-refractivity contribution in [2.75, 3.05) is 19.1 Å². The largest absolute Gasteiger partial charge is 0.573 e. The van der Waals surface area contributed by atoms with Gasteiger partial charge in [0.1, 0.15) is 17.6 Å². The Kier molecular flexibility index (Phi) is 7.63. The molecule has 210 valence electrons. The molecule has 0 unspecified atom stereocenters. The molecule has 0 radical (unpaired) electrons. The topological polar surface area (TPSA) is 147 Å². The van der Waals surface area contributed by atoms with E-state index in [-0.39, 0.29) is 29.4 Å². The summed E-state index contributed by atoms with van der Waals surface area (Å²) in [4.78, 5) is 13.8. The summed E-state index contributed by atoms with van der Waals surface area (Å²) in [5, 5.41) is 35.4. The Morgan fingerprint density at radius 2 is 1.90 bits per heavy atom. The van der Waals surface area contributed by atoms with Crippen molar-refractivity contribution in [1.29, 1.82) is 0 Å². The zero-order valence-electron chi connectivity index (χ0n) is 21.2. The molecule has 0 bridgehead atoms. The molecule has 1 N–H and O–H groups in total. The predicted octanol–water partition coefficient (Wildman–Crippen LogP) is 2.90. The molecule has 0 saturated heterocycles. The summed E-state index contributed by atoms with van der Waals surface area (Å²) in [6, 6.07) is 7.72. The van der Waals surface area contributed by atoms with Crippen LogP contribution in [0.15, 0.2) is 42.5 Å². The highest BCUT2D eigenvalue weighted by Gasteiger charge is 2.54. The van der Waals surface area contributed by atoms with Crippen molar-refractivity contribution in [2.45, 2.75) is 43.9 Å². The van der Waals surface area contributed by atoms with Gasteiger partial charge in [-0.1, -0.05) is 0 Å². The number of non-ortho nitro benzene ring substituents is 1. The number of aromatic nitrogens is 4. The van der Waals surface area contributed by atoms with Crippen molar-refractivity contribution in [3.05, 3.63) is 64.0 Å². The van der Waals surface area contributed by atoms with E-state index in [4.69, 9.17) is 14.2 Å². The number of tetrazole rings is 1. The number of nitro benzene ring substituents is 1. The van der Waals surface area contributed by atoms with E-state index in [2.05, 4.69) is 20.1 Å².